The van der Waals surface area contributed by atoms with Crippen molar-refractivity contribution >= 4 is 29.4 Å². The van der Waals surface area contributed by atoms with Crippen LogP contribution in [0, 0.1) is 5.92 Å². The highest BCUT2D eigenvalue weighted by molar-refractivity contribution is 7.07. The number of ether oxygens (including phenoxy) is 4. The standard InChI is InChI=1S/C32H36N2O7S/c1-18(2)14-15-40-24-13-8-21(16-25(24)38-6)17-26-29(35)34-28(22-9-11-23(12-10-22)30(36)39-7)27(31(37)41-19(3)4)20(5)33-32(34)42-26/h8-13,16-19,28H,14-15H2,1-7H3. The summed E-state index contributed by atoms with van der Waals surface area (Å²) in [6.45, 7) is 10.1. The lowest BCUT2D eigenvalue weighted by Gasteiger charge is -2.25. The molecule has 0 spiro atoms. The first-order valence-corrected chi connectivity index (χ1v) is 14.6. The van der Waals surface area contributed by atoms with Gasteiger partial charge in [0.1, 0.15) is 0 Å². The highest BCUT2D eigenvalue weighted by Crippen LogP contribution is 2.32. The second kappa shape index (κ2) is 13.2. The number of carbonyl (C=O) groups is 2. The predicted octanol–water partition coefficient (Wildman–Crippen LogP) is 4.41. The quantitative estimate of drug-likeness (QED) is 0.321. The Morgan fingerprint density at radius 2 is 1.74 bits per heavy atom. The maximum atomic E-state index is 13.9. The lowest BCUT2D eigenvalue weighted by atomic mass is 9.95. The van der Waals surface area contributed by atoms with Crippen molar-refractivity contribution in [2.45, 2.75) is 53.2 Å². The van der Waals surface area contributed by atoms with Crippen molar-refractivity contribution in [1.82, 2.24) is 4.57 Å². The lowest BCUT2D eigenvalue weighted by molar-refractivity contribution is -0.143. The van der Waals surface area contributed by atoms with Gasteiger partial charge in [-0.1, -0.05) is 43.4 Å². The predicted molar refractivity (Wildman–Crippen MR) is 161 cm³/mol. The van der Waals surface area contributed by atoms with E-state index in [4.69, 9.17) is 18.9 Å². The van der Waals surface area contributed by atoms with Crippen LogP contribution in [0.2, 0.25) is 0 Å². The number of allylic oxidation sites excluding steroid dienone is 1. The summed E-state index contributed by atoms with van der Waals surface area (Å²) in [5.41, 5.74) is 2.15. The van der Waals surface area contributed by atoms with E-state index in [1.807, 2.05) is 18.2 Å². The fraction of sp³-hybridized carbons (Fsp3) is 0.375. The number of aromatic nitrogens is 1. The third kappa shape index (κ3) is 6.65. The summed E-state index contributed by atoms with van der Waals surface area (Å²) in [6.07, 6.45) is 2.33. The van der Waals surface area contributed by atoms with E-state index in [9.17, 15) is 14.4 Å². The van der Waals surface area contributed by atoms with Gasteiger partial charge in [-0.2, -0.15) is 0 Å². The van der Waals surface area contributed by atoms with Crippen LogP contribution in [0.3, 0.4) is 0 Å². The molecule has 1 unspecified atom stereocenters. The van der Waals surface area contributed by atoms with Crippen molar-refractivity contribution in [2.75, 3.05) is 20.8 Å². The zero-order valence-electron chi connectivity index (χ0n) is 24.9. The van der Waals surface area contributed by atoms with Gasteiger partial charge in [0.2, 0.25) is 0 Å². The van der Waals surface area contributed by atoms with Crippen LogP contribution in [-0.2, 0) is 14.3 Å². The molecule has 0 amide bonds. The van der Waals surface area contributed by atoms with Crippen LogP contribution in [0.4, 0.5) is 0 Å². The van der Waals surface area contributed by atoms with Gasteiger partial charge in [-0.15, -0.1) is 0 Å². The maximum absolute atomic E-state index is 13.9. The molecule has 10 heteroatoms. The monoisotopic (exact) mass is 592 g/mol. The minimum Gasteiger partial charge on any atom is -0.493 e. The van der Waals surface area contributed by atoms with Gasteiger partial charge in [0.05, 0.1) is 54.3 Å². The van der Waals surface area contributed by atoms with Crippen molar-refractivity contribution < 1.29 is 28.5 Å². The van der Waals surface area contributed by atoms with E-state index < -0.39 is 18.0 Å². The Kier molecular flexibility index (Phi) is 9.67. The number of hydrogen-bond acceptors (Lipinski definition) is 9. The molecule has 42 heavy (non-hydrogen) atoms. The molecule has 0 saturated heterocycles. The van der Waals surface area contributed by atoms with Crippen LogP contribution in [0.1, 0.15) is 68.6 Å². The summed E-state index contributed by atoms with van der Waals surface area (Å²) in [5.74, 6) is 0.686. The Morgan fingerprint density at radius 3 is 2.36 bits per heavy atom. The molecule has 1 aliphatic rings. The van der Waals surface area contributed by atoms with Crippen molar-refractivity contribution in [3.63, 3.8) is 0 Å². The number of carbonyl (C=O) groups excluding carboxylic acids is 2. The van der Waals surface area contributed by atoms with Crippen LogP contribution in [0.15, 0.2) is 63.5 Å². The Morgan fingerprint density at radius 1 is 1.02 bits per heavy atom. The fourth-order valence-corrected chi connectivity index (χ4v) is 5.59. The molecule has 0 fully saturated rings. The number of hydrogen-bond donors (Lipinski definition) is 0. The van der Waals surface area contributed by atoms with Gasteiger partial charge < -0.3 is 18.9 Å². The molecule has 0 saturated carbocycles. The molecule has 0 aliphatic carbocycles. The third-order valence-corrected chi connectivity index (χ3v) is 7.65. The van der Waals surface area contributed by atoms with Gasteiger partial charge in [-0.3, -0.25) is 9.36 Å². The van der Waals surface area contributed by atoms with E-state index in [1.54, 1.807) is 58.2 Å². The number of fused-ring (bicyclic) bond motifs is 1. The summed E-state index contributed by atoms with van der Waals surface area (Å²) in [5, 5.41) is 0. The molecule has 0 radical (unpaired) electrons. The van der Waals surface area contributed by atoms with E-state index in [-0.39, 0.29) is 17.2 Å². The van der Waals surface area contributed by atoms with Crippen LogP contribution in [0.25, 0.3) is 6.08 Å². The molecule has 9 nitrogen and oxygen atoms in total. The Labute approximate surface area is 248 Å². The van der Waals surface area contributed by atoms with Crippen molar-refractivity contribution in [3.8, 4) is 11.5 Å². The molecular formula is C32H36N2O7S. The van der Waals surface area contributed by atoms with Gasteiger partial charge in [-0.25, -0.2) is 14.6 Å². The molecular weight excluding hydrogens is 556 g/mol. The number of benzene rings is 2. The average molecular weight is 593 g/mol. The number of thiazole rings is 1. The number of esters is 2. The molecule has 0 N–H and O–H groups in total. The van der Waals surface area contributed by atoms with Gasteiger partial charge in [0.25, 0.3) is 5.56 Å². The lowest BCUT2D eigenvalue weighted by Crippen LogP contribution is -2.40. The van der Waals surface area contributed by atoms with Crippen molar-refractivity contribution in [2.24, 2.45) is 10.9 Å². The fourth-order valence-electron chi connectivity index (χ4n) is 4.54. The van der Waals surface area contributed by atoms with Gasteiger partial charge in [0, 0.05) is 0 Å². The molecule has 1 aliphatic heterocycles. The molecule has 0 bridgehead atoms. The molecule has 1 atom stereocenters. The van der Waals surface area contributed by atoms with Crippen LogP contribution < -0.4 is 24.4 Å². The highest BCUT2D eigenvalue weighted by Gasteiger charge is 2.34. The Bertz CT molecular complexity index is 1680. The maximum Gasteiger partial charge on any atom is 0.338 e. The van der Waals surface area contributed by atoms with Gasteiger partial charge in [0.15, 0.2) is 16.3 Å². The summed E-state index contributed by atoms with van der Waals surface area (Å²) < 4.78 is 23.8. The van der Waals surface area contributed by atoms with Crippen LogP contribution in [0.5, 0.6) is 11.5 Å². The third-order valence-electron chi connectivity index (χ3n) is 6.67. The first-order valence-electron chi connectivity index (χ1n) is 13.8. The molecule has 4 rings (SSSR count). The van der Waals surface area contributed by atoms with Gasteiger partial charge >= 0.3 is 11.9 Å². The second-order valence-corrected chi connectivity index (χ2v) is 11.6. The first-order chi connectivity index (χ1) is 20.0. The minimum atomic E-state index is -0.799. The zero-order chi connectivity index (χ0) is 30.6. The normalized spacial score (nSPS) is 15.0. The number of rotatable bonds is 10. The van der Waals surface area contributed by atoms with E-state index in [0.717, 1.165) is 12.0 Å². The molecule has 1 aromatic heterocycles. The Balaban J connectivity index is 1.81. The van der Waals surface area contributed by atoms with Gasteiger partial charge in [-0.05, 0) is 74.6 Å². The SMILES string of the molecule is COC(=O)c1ccc(C2C(C(=O)OC(C)C)=C(C)N=c3sc(=Cc4ccc(OCCC(C)C)c(OC)c4)c(=O)n32)cc1. The van der Waals surface area contributed by atoms with Crippen LogP contribution in [-0.4, -0.2) is 43.4 Å². The molecule has 222 valence electrons. The number of methoxy groups -OCH3 is 2. The zero-order valence-corrected chi connectivity index (χ0v) is 25.7. The van der Waals surface area contributed by atoms with Crippen molar-refractivity contribution in [1.29, 1.82) is 0 Å². The summed E-state index contributed by atoms with van der Waals surface area (Å²) >= 11 is 1.23. The summed E-state index contributed by atoms with van der Waals surface area (Å²) in [4.78, 5) is 44.3. The van der Waals surface area contributed by atoms with E-state index >= 15 is 0 Å². The smallest absolute Gasteiger partial charge is 0.338 e. The van der Waals surface area contributed by atoms with E-state index in [0.29, 0.717) is 50.2 Å². The van der Waals surface area contributed by atoms with E-state index in [2.05, 4.69) is 18.8 Å². The topological polar surface area (TPSA) is 105 Å². The molecule has 3 aromatic rings. The van der Waals surface area contributed by atoms with Crippen molar-refractivity contribution in [3.05, 3.63) is 90.1 Å². The van der Waals surface area contributed by atoms with Crippen LogP contribution >= 0.6 is 11.3 Å². The second-order valence-electron chi connectivity index (χ2n) is 10.6. The van der Waals surface area contributed by atoms with E-state index in [1.165, 1.54) is 23.0 Å². The summed E-state index contributed by atoms with van der Waals surface area (Å²) in [7, 11) is 2.89. The molecule has 2 aromatic carbocycles. The average Bonchev–Trinajstić information content (AvgIpc) is 3.25. The largest absolute Gasteiger partial charge is 0.493 e. The molecule has 2 heterocycles. The number of nitrogens with zero attached hydrogens (tertiary/aromatic N) is 2. The summed E-state index contributed by atoms with van der Waals surface area (Å²) in [6, 6.07) is 11.3. The highest BCUT2D eigenvalue weighted by atomic mass is 32.1. The first kappa shape index (κ1) is 30.8. The Hall–Kier alpha value is -4.18. The minimum absolute atomic E-state index is 0.262.